The smallest absolute Gasteiger partial charge is 0.318 e. The minimum absolute atomic E-state index is 0. The van der Waals surface area contributed by atoms with Crippen molar-refractivity contribution in [3.8, 4) is 0 Å². The zero-order valence-corrected chi connectivity index (χ0v) is 16.2. The van der Waals surface area contributed by atoms with Gasteiger partial charge in [0.2, 0.25) is 0 Å². The largest absolute Gasteiger partial charge is 0.333 e. The predicted octanol–water partition coefficient (Wildman–Crippen LogP) is 3.82. The van der Waals surface area contributed by atoms with Gasteiger partial charge in [0.15, 0.2) is 0 Å². The Kier molecular flexibility index (Phi) is 4.16. The van der Waals surface area contributed by atoms with E-state index >= 15 is 0 Å². The van der Waals surface area contributed by atoms with E-state index < -0.39 is 0 Å². The highest BCUT2D eigenvalue weighted by atomic mass is 19.1. The number of fused-ring (bicyclic) bond motifs is 1. The third-order valence-corrected chi connectivity index (χ3v) is 6.74. The third kappa shape index (κ3) is 2.98. The Morgan fingerprint density at radius 1 is 1.18 bits per heavy atom. The van der Waals surface area contributed by atoms with Crippen molar-refractivity contribution in [1.82, 2.24) is 15.1 Å². The first-order valence-corrected chi connectivity index (χ1v) is 10.1. The number of carbonyl (C=O) groups is 1. The zero-order chi connectivity index (χ0) is 19.3. The van der Waals surface area contributed by atoms with Crippen LogP contribution in [0.4, 0.5) is 9.18 Å². The second-order valence-corrected chi connectivity index (χ2v) is 8.66. The van der Waals surface area contributed by atoms with E-state index in [1.165, 1.54) is 30.5 Å². The molecule has 0 unspecified atom stereocenters. The van der Waals surface area contributed by atoms with Crippen molar-refractivity contribution in [2.24, 2.45) is 5.41 Å². The van der Waals surface area contributed by atoms with Gasteiger partial charge in [-0.25, -0.2) is 9.18 Å². The highest BCUT2D eigenvalue weighted by molar-refractivity contribution is 5.76. The number of likely N-dealkylation sites (tertiary alicyclic amines) is 1. The van der Waals surface area contributed by atoms with Gasteiger partial charge in [-0.05, 0) is 55.1 Å². The second kappa shape index (κ2) is 6.59. The fourth-order valence-corrected chi connectivity index (χ4v) is 5.11. The van der Waals surface area contributed by atoms with Gasteiger partial charge < -0.3 is 15.1 Å². The monoisotopic (exact) mass is 381 g/mol. The summed E-state index contributed by atoms with van der Waals surface area (Å²) in [5.74, 6) is -0.256. The molecular weight excluding hydrogens is 353 g/mol. The van der Waals surface area contributed by atoms with Crippen LogP contribution in [0.1, 0.15) is 37.0 Å². The predicted molar refractivity (Wildman–Crippen MR) is 109 cm³/mol. The standard InChI is InChI=1S/C23H26FN3O.H2/c1-26-14-20(23(15-26)11-12-23)25-22(28)27-13-10-16-4-2-3-5-19(16)21(27)17-6-8-18(24)9-7-17;/h2-9,20-21H,10-15H2,1H3,(H,25,28);1H/t20-,21-;/m0./s1. The molecule has 2 heterocycles. The zero-order valence-electron chi connectivity index (χ0n) is 16.2. The van der Waals surface area contributed by atoms with Gasteiger partial charge in [0, 0.05) is 26.5 Å². The minimum Gasteiger partial charge on any atom is -0.333 e. The number of rotatable bonds is 2. The van der Waals surface area contributed by atoms with Crippen LogP contribution in [0, 0.1) is 11.2 Å². The molecule has 1 N–H and O–H groups in total. The highest BCUT2D eigenvalue weighted by Gasteiger charge is 2.55. The number of nitrogens with zero attached hydrogens (tertiary/aromatic N) is 2. The van der Waals surface area contributed by atoms with E-state index in [0.29, 0.717) is 6.54 Å². The lowest BCUT2D eigenvalue weighted by Gasteiger charge is -2.38. The van der Waals surface area contributed by atoms with Crippen LogP contribution in [0.2, 0.25) is 0 Å². The van der Waals surface area contributed by atoms with Crippen LogP contribution in [0.15, 0.2) is 48.5 Å². The van der Waals surface area contributed by atoms with Crippen LogP contribution in [0.5, 0.6) is 0 Å². The van der Waals surface area contributed by atoms with Crippen LogP contribution < -0.4 is 5.32 Å². The van der Waals surface area contributed by atoms with Crippen molar-refractivity contribution in [2.75, 3.05) is 26.7 Å². The number of hydrogen-bond acceptors (Lipinski definition) is 2. The van der Waals surface area contributed by atoms with Crippen LogP contribution in [-0.4, -0.2) is 48.6 Å². The first-order chi connectivity index (χ1) is 13.6. The molecule has 2 aromatic rings. The highest BCUT2D eigenvalue weighted by Crippen LogP contribution is 2.52. The topological polar surface area (TPSA) is 35.6 Å². The summed E-state index contributed by atoms with van der Waals surface area (Å²) in [7, 11) is 2.13. The van der Waals surface area contributed by atoms with Gasteiger partial charge in [-0.3, -0.25) is 0 Å². The molecule has 2 amide bonds. The van der Waals surface area contributed by atoms with E-state index in [1.807, 2.05) is 17.0 Å². The van der Waals surface area contributed by atoms with Gasteiger partial charge in [-0.2, -0.15) is 0 Å². The van der Waals surface area contributed by atoms with Crippen molar-refractivity contribution in [3.05, 3.63) is 71.0 Å². The number of benzene rings is 2. The number of hydrogen-bond donors (Lipinski definition) is 1. The molecule has 28 heavy (non-hydrogen) atoms. The lowest BCUT2D eigenvalue weighted by Crippen LogP contribution is -2.51. The van der Waals surface area contributed by atoms with Crippen LogP contribution in [0.25, 0.3) is 0 Å². The molecule has 5 heteroatoms. The lowest BCUT2D eigenvalue weighted by molar-refractivity contribution is 0.173. The number of urea groups is 1. The fourth-order valence-electron chi connectivity index (χ4n) is 5.11. The number of amides is 2. The summed E-state index contributed by atoms with van der Waals surface area (Å²) in [5.41, 5.74) is 3.64. The molecule has 4 nitrogen and oxygen atoms in total. The number of halogens is 1. The molecule has 0 bridgehead atoms. The Balaban J connectivity index is 0.00000205. The first kappa shape index (κ1) is 17.7. The molecule has 1 aliphatic carbocycles. The van der Waals surface area contributed by atoms with Crippen molar-refractivity contribution < 1.29 is 10.6 Å². The molecule has 2 aliphatic heterocycles. The van der Waals surface area contributed by atoms with E-state index in [4.69, 9.17) is 0 Å². The minimum atomic E-state index is -0.256. The average molecular weight is 381 g/mol. The van der Waals surface area contributed by atoms with Crippen LogP contribution in [0.3, 0.4) is 0 Å². The van der Waals surface area contributed by atoms with Gasteiger partial charge in [0.05, 0.1) is 12.1 Å². The number of carbonyl (C=O) groups excluding carboxylic acids is 1. The Morgan fingerprint density at radius 2 is 1.93 bits per heavy atom. The maximum atomic E-state index is 13.5. The Morgan fingerprint density at radius 3 is 2.68 bits per heavy atom. The lowest BCUT2D eigenvalue weighted by atomic mass is 9.88. The average Bonchev–Trinajstić information content (AvgIpc) is 3.40. The van der Waals surface area contributed by atoms with Crippen molar-refractivity contribution in [2.45, 2.75) is 31.3 Å². The van der Waals surface area contributed by atoms with Crippen LogP contribution >= 0.6 is 0 Å². The van der Waals surface area contributed by atoms with E-state index in [-0.39, 0.29) is 30.8 Å². The van der Waals surface area contributed by atoms with Crippen molar-refractivity contribution in [1.29, 1.82) is 0 Å². The molecule has 3 aliphatic rings. The van der Waals surface area contributed by atoms with Gasteiger partial charge in [-0.15, -0.1) is 0 Å². The third-order valence-electron chi connectivity index (χ3n) is 6.74. The molecule has 0 aromatic heterocycles. The fraction of sp³-hybridized carbons (Fsp3) is 0.435. The Hall–Kier alpha value is -2.40. The molecule has 5 rings (SSSR count). The Labute approximate surface area is 166 Å². The van der Waals surface area contributed by atoms with Crippen LogP contribution in [-0.2, 0) is 6.42 Å². The first-order valence-electron chi connectivity index (χ1n) is 10.1. The van der Waals surface area contributed by atoms with E-state index in [2.05, 4.69) is 29.4 Å². The van der Waals surface area contributed by atoms with Crippen molar-refractivity contribution in [3.63, 3.8) is 0 Å². The van der Waals surface area contributed by atoms with Gasteiger partial charge >= 0.3 is 6.03 Å². The number of nitrogens with one attached hydrogen (secondary N) is 1. The van der Waals surface area contributed by atoms with Gasteiger partial charge in [0.25, 0.3) is 0 Å². The van der Waals surface area contributed by atoms with Gasteiger partial charge in [-0.1, -0.05) is 36.4 Å². The van der Waals surface area contributed by atoms with E-state index in [1.54, 1.807) is 12.1 Å². The molecule has 2 aromatic carbocycles. The molecular formula is C23H28FN3O. The molecule has 0 radical (unpaired) electrons. The summed E-state index contributed by atoms with van der Waals surface area (Å²) < 4.78 is 13.5. The summed E-state index contributed by atoms with van der Waals surface area (Å²) in [6.45, 7) is 2.65. The normalized spacial score (nSPS) is 25.6. The molecule has 2 fully saturated rings. The molecule has 148 valence electrons. The number of likely N-dealkylation sites (N-methyl/N-ethyl adjacent to an activating group) is 1. The maximum Gasteiger partial charge on any atom is 0.318 e. The SMILES string of the molecule is CN1C[C@H](NC(=O)N2CCc3ccccc3[C@@H]2c2ccc(F)cc2)C2(CC2)C1.[HH]. The summed E-state index contributed by atoms with van der Waals surface area (Å²) >= 11 is 0. The summed E-state index contributed by atoms with van der Waals surface area (Å²) in [6.07, 6.45) is 3.25. The molecule has 1 spiro atoms. The molecule has 2 atom stereocenters. The maximum absolute atomic E-state index is 13.5. The quantitative estimate of drug-likeness (QED) is 0.858. The van der Waals surface area contributed by atoms with E-state index in [9.17, 15) is 9.18 Å². The molecule has 1 saturated carbocycles. The van der Waals surface area contributed by atoms with Gasteiger partial charge in [0.1, 0.15) is 5.82 Å². The summed E-state index contributed by atoms with van der Waals surface area (Å²) in [5, 5.41) is 3.34. The van der Waals surface area contributed by atoms with Crippen molar-refractivity contribution >= 4 is 6.03 Å². The second-order valence-electron chi connectivity index (χ2n) is 8.66. The Bertz CT molecular complexity index is 899. The summed E-state index contributed by atoms with van der Waals surface area (Å²) in [4.78, 5) is 17.6. The summed E-state index contributed by atoms with van der Waals surface area (Å²) in [6, 6.07) is 14.9. The molecule has 1 saturated heterocycles. The van der Waals surface area contributed by atoms with E-state index in [0.717, 1.165) is 30.6 Å².